The van der Waals surface area contributed by atoms with Crippen LogP contribution < -0.4 is 4.74 Å². The van der Waals surface area contributed by atoms with Crippen LogP contribution in [0.15, 0.2) is 24.4 Å². The van der Waals surface area contributed by atoms with Gasteiger partial charge in [0.15, 0.2) is 0 Å². The summed E-state index contributed by atoms with van der Waals surface area (Å²) < 4.78 is 12.4. The third kappa shape index (κ3) is 4.18. The Balaban J connectivity index is 2.53. The van der Waals surface area contributed by atoms with Gasteiger partial charge in [-0.25, -0.2) is 4.79 Å². The van der Waals surface area contributed by atoms with Crippen LogP contribution in [0, 0.1) is 0 Å². The molecule has 0 spiro atoms. The van der Waals surface area contributed by atoms with E-state index in [0.717, 1.165) is 10.9 Å². The molecule has 2 rings (SSSR count). The number of carbonyl (C=O) groups is 2. The minimum atomic E-state index is -0.607. The first-order valence-corrected chi connectivity index (χ1v) is 8.89. The van der Waals surface area contributed by atoms with Gasteiger partial charge in [0, 0.05) is 24.7 Å². The predicted octanol–water partition coefficient (Wildman–Crippen LogP) is 3.84. The molecule has 0 saturated heterocycles. The number of methoxy groups -OCH3 is 1. The summed E-state index contributed by atoms with van der Waals surface area (Å²) in [5.41, 5.74) is 0.810. The Hall–Kier alpha value is -2.50. The van der Waals surface area contributed by atoms with E-state index in [0.29, 0.717) is 24.4 Å². The number of aromatic nitrogens is 1. The van der Waals surface area contributed by atoms with E-state index in [4.69, 9.17) is 9.47 Å². The largest absolute Gasteiger partial charge is 0.496 e. The number of benzene rings is 1. The highest BCUT2D eigenvalue weighted by atomic mass is 16.6. The van der Waals surface area contributed by atoms with Gasteiger partial charge in [0.05, 0.1) is 19.0 Å². The van der Waals surface area contributed by atoms with E-state index in [1.165, 1.54) is 4.57 Å². The quantitative estimate of drug-likeness (QED) is 0.813. The van der Waals surface area contributed by atoms with Crippen molar-refractivity contribution in [2.45, 2.75) is 46.6 Å². The number of carbonyl (C=O) groups excluding carboxylic acids is 2. The number of hydrogen-bond acceptors (Lipinski definition) is 4. The van der Waals surface area contributed by atoms with Crippen molar-refractivity contribution >= 4 is 22.9 Å². The smallest absolute Gasteiger partial charge is 0.419 e. The highest BCUT2D eigenvalue weighted by Gasteiger charge is 2.23. The van der Waals surface area contributed by atoms with Crippen molar-refractivity contribution in [3.05, 3.63) is 30.0 Å². The van der Waals surface area contributed by atoms with E-state index in [1.54, 1.807) is 18.2 Å². The summed E-state index contributed by atoms with van der Waals surface area (Å²) >= 11 is 0. The second-order valence-electron chi connectivity index (χ2n) is 7.10. The van der Waals surface area contributed by atoms with Crippen molar-refractivity contribution in [1.82, 2.24) is 9.47 Å². The van der Waals surface area contributed by atoms with E-state index in [-0.39, 0.29) is 12.3 Å². The SMILES string of the molecule is CCN(CC)C(=O)Cc1cn(C(=O)OC(C)(C)C)c2cccc(OC)c12. The Kier molecular flexibility index (Phi) is 5.95. The van der Waals surface area contributed by atoms with E-state index in [1.807, 2.05) is 52.8 Å². The van der Waals surface area contributed by atoms with Gasteiger partial charge < -0.3 is 14.4 Å². The van der Waals surface area contributed by atoms with Crippen molar-refractivity contribution in [1.29, 1.82) is 0 Å². The number of ether oxygens (including phenoxy) is 2. The molecule has 0 N–H and O–H groups in total. The first-order chi connectivity index (χ1) is 12.2. The Labute approximate surface area is 154 Å². The fourth-order valence-corrected chi connectivity index (χ4v) is 2.95. The summed E-state index contributed by atoms with van der Waals surface area (Å²) in [5, 5.41) is 0.765. The highest BCUT2D eigenvalue weighted by Crippen LogP contribution is 2.31. The molecule has 0 saturated carbocycles. The molecule has 6 nitrogen and oxygen atoms in total. The summed E-state index contributed by atoms with van der Waals surface area (Å²) in [4.78, 5) is 27.0. The van der Waals surface area contributed by atoms with Crippen molar-refractivity contribution in [3.8, 4) is 5.75 Å². The van der Waals surface area contributed by atoms with Crippen molar-refractivity contribution in [3.63, 3.8) is 0 Å². The van der Waals surface area contributed by atoms with Crippen molar-refractivity contribution < 1.29 is 19.1 Å². The third-order valence-corrected chi connectivity index (χ3v) is 4.14. The molecule has 1 aromatic carbocycles. The lowest BCUT2D eigenvalue weighted by atomic mass is 10.1. The predicted molar refractivity (Wildman–Crippen MR) is 102 cm³/mol. The van der Waals surface area contributed by atoms with E-state index < -0.39 is 11.7 Å². The molecule has 2 aromatic rings. The lowest BCUT2D eigenvalue weighted by molar-refractivity contribution is -0.130. The van der Waals surface area contributed by atoms with Crippen LogP contribution in [0.5, 0.6) is 5.75 Å². The maximum absolute atomic E-state index is 12.6. The molecule has 0 aliphatic heterocycles. The average Bonchev–Trinajstić information content (AvgIpc) is 2.93. The molecule has 0 aliphatic rings. The van der Waals surface area contributed by atoms with Crippen LogP contribution in [0.2, 0.25) is 0 Å². The monoisotopic (exact) mass is 360 g/mol. The highest BCUT2D eigenvalue weighted by molar-refractivity contribution is 5.98. The number of likely N-dealkylation sites (N-methyl/N-ethyl adjacent to an activating group) is 1. The van der Waals surface area contributed by atoms with Crippen molar-refractivity contribution in [2.24, 2.45) is 0 Å². The minimum Gasteiger partial charge on any atom is -0.496 e. The standard InChI is InChI=1S/C20H28N2O4/c1-7-21(8-2)17(23)12-14-13-22(19(24)26-20(3,4)5)15-10-9-11-16(25-6)18(14)15/h9-11,13H,7-8,12H2,1-6H3. The van der Waals surface area contributed by atoms with Crippen LogP contribution in [0.4, 0.5) is 4.79 Å². The van der Waals surface area contributed by atoms with Crippen LogP contribution in [0.3, 0.4) is 0 Å². The molecule has 0 unspecified atom stereocenters. The van der Waals surface area contributed by atoms with Gasteiger partial charge in [0.25, 0.3) is 0 Å². The zero-order valence-electron chi connectivity index (χ0n) is 16.5. The Morgan fingerprint density at radius 3 is 2.35 bits per heavy atom. The zero-order chi connectivity index (χ0) is 19.5. The molecule has 142 valence electrons. The summed E-state index contributed by atoms with van der Waals surface area (Å²) in [5.74, 6) is 0.649. The molecule has 0 atom stereocenters. The lowest BCUT2D eigenvalue weighted by Gasteiger charge is -2.19. The number of rotatable bonds is 5. The van der Waals surface area contributed by atoms with Gasteiger partial charge >= 0.3 is 6.09 Å². The van der Waals surface area contributed by atoms with Gasteiger partial charge in [-0.15, -0.1) is 0 Å². The zero-order valence-corrected chi connectivity index (χ0v) is 16.5. The lowest BCUT2D eigenvalue weighted by Crippen LogP contribution is -2.31. The second-order valence-corrected chi connectivity index (χ2v) is 7.10. The van der Waals surface area contributed by atoms with Crippen LogP contribution in [-0.4, -0.2) is 47.3 Å². The Bertz CT molecular complexity index is 798. The summed E-state index contributed by atoms with van der Waals surface area (Å²) in [6, 6.07) is 5.47. The van der Waals surface area contributed by atoms with Crippen LogP contribution >= 0.6 is 0 Å². The number of amides is 1. The number of fused-ring (bicyclic) bond motifs is 1. The maximum atomic E-state index is 12.6. The average molecular weight is 360 g/mol. The van der Waals surface area contributed by atoms with Gasteiger partial charge in [-0.2, -0.15) is 0 Å². The van der Waals surface area contributed by atoms with Crippen LogP contribution in [-0.2, 0) is 16.0 Å². The minimum absolute atomic E-state index is 0.0177. The van der Waals surface area contributed by atoms with E-state index in [9.17, 15) is 9.59 Å². The molecule has 26 heavy (non-hydrogen) atoms. The third-order valence-electron chi connectivity index (χ3n) is 4.14. The second kappa shape index (κ2) is 7.81. The van der Waals surface area contributed by atoms with Gasteiger partial charge in [-0.1, -0.05) is 6.07 Å². The van der Waals surface area contributed by atoms with Gasteiger partial charge in [-0.3, -0.25) is 9.36 Å². The molecule has 1 aromatic heterocycles. The fourth-order valence-electron chi connectivity index (χ4n) is 2.95. The summed E-state index contributed by atoms with van der Waals surface area (Å²) in [7, 11) is 1.58. The van der Waals surface area contributed by atoms with E-state index >= 15 is 0 Å². The molecule has 0 bridgehead atoms. The number of hydrogen-bond donors (Lipinski definition) is 0. The molecule has 0 aliphatic carbocycles. The maximum Gasteiger partial charge on any atom is 0.419 e. The van der Waals surface area contributed by atoms with Crippen molar-refractivity contribution in [2.75, 3.05) is 20.2 Å². The summed E-state index contributed by atoms with van der Waals surface area (Å²) in [6.45, 7) is 10.7. The molecule has 0 fully saturated rings. The molecule has 1 amide bonds. The molecule has 1 heterocycles. The first-order valence-electron chi connectivity index (χ1n) is 8.89. The molecule has 0 radical (unpaired) electrons. The Morgan fingerprint density at radius 1 is 1.15 bits per heavy atom. The van der Waals surface area contributed by atoms with Gasteiger partial charge in [0.2, 0.25) is 5.91 Å². The molecular formula is C20H28N2O4. The van der Waals surface area contributed by atoms with Gasteiger partial charge in [0.1, 0.15) is 11.4 Å². The Morgan fingerprint density at radius 2 is 1.81 bits per heavy atom. The molecular weight excluding hydrogens is 332 g/mol. The number of nitrogens with zero attached hydrogens (tertiary/aromatic N) is 2. The fraction of sp³-hybridized carbons (Fsp3) is 0.500. The van der Waals surface area contributed by atoms with E-state index in [2.05, 4.69) is 0 Å². The first kappa shape index (κ1) is 19.8. The topological polar surface area (TPSA) is 60.8 Å². The van der Waals surface area contributed by atoms with Crippen LogP contribution in [0.25, 0.3) is 10.9 Å². The van der Waals surface area contributed by atoms with Gasteiger partial charge in [-0.05, 0) is 52.3 Å². The molecule has 6 heteroatoms. The van der Waals surface area contributed by atoms with Crippen LogP contribution in [0.1, 0.15) is 40.2 Å². The summed E-state index contributed by atoms with van der Waals surface area (Å²) in [6.07, 6.45) is 1.41. The normalized spacial score (nSPS) is 11.5.